The van der Waals surface area contributed by atoms with Crippen LogP contribution in [-0.4, -0.2) is 53.2 Å². The summed E-state index contributed by atoms with van der Waals surface area (Å²) < 4.78 is 13.3. The van der Waals surface area contributed by atoms with E-state index < -0.39 is 6.10 Å². The van der Waals surface area contributed by atoms with Crippen LogP contribution in [0.5, 0.6) is 11.5 Å². The third kappa shape index (κ3) is 7.37. The Morgan fingerprint density at radius 1 is 1.06 bits per heavy atom. The third-order valence-corrected chi connectivity index (χ3v) is 5.15. The van der Waals surface area contributed by atoms with Crippen LogP contribution in [0.2, 0.25) is 0 Å². The van der Waals surface area contributed by atoms with Crippen LogP contribution in [0, 0.1) is 0 Å². The number of nitrogens with one attached hydrogen (secondary N) is 1. The summed E-state index contributed by atoms with van der Waals surface area (Å²) in [5.74, 6) is 1.29. The number of rotatable bonds is 13. The lowest BCUT2D eigenvalue weighted by atomic mass is 10.2. The van der Waals surface area contributed by atoms with E-state index in [1.165, 1.54) is 5.56 Å². The summed E-state index contributed by atoms with van der Waals surface area (Å²) in [6.07, 6.45) is 3.33. The lowest BCUT2D eigenvalue weighted by Crippen LogP contribution is -2.32. The average molecular weight is 439 g/mol. The van der Waals surface area contributed by atoms with Crippen molar-refractivity contribution < 1.29 is 14.6 Å². The molecule has 1 aromatic heterocycles. The van der Waals surface area contributed by atoms with Crippen LogP contribution in [-0.2, 0) is 26.2 Å². The van der Waals surface area contributed by atoms with Crippen molar-refractivity contribution in [1.82, 2.24) is 20.0 Å². The van der Waals surface area contributed by atoms with Crippen LogP contribution < -0.4 is 14.8 Å². The summed E-state index contributed by atoms with van der Waals surface area (Å²) in [5.41, 5.74) is 3.45. The van der Waals surface area contributed by atoms with Gasteiger partial charge in [-0.1, -0.05) is 36.4 Å². The normalized spacial score (nSPS) is 12.2. The maximum absolute atomic E-state index is 10.5. The summed E-state index contributed by atoms with van der Waals surface area (Å²) in [6, 6.07) is 16.1. The van der Waals surface area contributed by atoms with E-state index in [2.05, 4.69) is 34.4 Å². The van der Waals surface area contributed by atoms with E-state index in [1.54, 1.807) is 7.11 Å². The molecule has 0 unspecified atom stereocenters. The van der Waals surface area contributed by atoms with Crippen molar-refractivity contribution in [2.24, 2.45) is 0 Å². The van der Waals surface area contributed by atoms with Crippen molar-refractivity contribution in [3.63, 3.8) is 0 Å². The monoisotopic (exact) mass is 438 g/mol. The minimum atomic E-state index is -0.606. The SMILES string of the molecule is CCn1cc(CNCc2ccc(OC)c(OC[C@@H](O)CN(C)Cc3ccccc3)c2)cn1. The Morgan fingerprint density at radius 2 is 1.84 bits per heavy atom. The molecule has 32 heavy (non-hydrogen) atoms. The summed E-state index contributed by atoms with van der Waals surface area (Å²) in [5, 5.41) is 18.2. The smallest absolute Gasteiger partial charge is 0.161 e. The number of ether oxygens (including phenoxy) is 2. The second-order valence-corrected chi connectivity index (χ2v) is 7.94. The molecule has 1 atom stereocenters. The maximum Gasteiger partial charge on any atom is 0.161 e. The summed E-state index contributed by atoms with van der Waals surface area (Å²) in [7, 11) is 3.61. The average Bonchev–Trinajstić information content (AvgIpc) is 3.26. The highest BCUT2D eigenvalue weighted by Crippen LogP contribution is 2.28. The fraction of sp³-hybridized carbons (Fsp3) is 0.400. The fourth-order valence-electron chi connectivity index (χ4n) is 3.52. The van der Waals surface area contributed by atoms with Crippen LogP contribution >= 0.6 is 0 Å². The van der Waals surface area contributed by atoms with E-state index in [4.69, 9.17) is 9.47 Å². The van der Waals surface area contributed by atoms with E-state index in [9.17, 15) is 5.11 Å². The maximum atomic E-state index is 10.5. The first-order valence-electron chi connectivity index (χ1n) is 11.0. The van der Waals surface area contributed by atoms with E-state index in [0.29, 0.717) is 24.6 Å². The molecule has 1 heterocycles. The third-order valence-electron chi connectivity index (χ3n) is 5.15. The Morgan fingerprint density at radius 3 is 2.56 bits per heavy atom. The van der Waals surface area contributed by atoms with Gasteiger partial charge in [-0.3, -0.25) is 9.58 Å². The van der Waals surface area contributed by atoms with Gasteiger partial charge in [0.05, 0.1) is 13.3 Å². The van der Waals surface area contributed by atoms with E-state index in [0.717, 1.165) is 30.8 Å². The number of aromatic nitrogens is 2. The molecule has 3 aromatic rings. The molecule has 0 aliphatic carbocycles. The number of aryl methyl sites for hydroxylation is 1. The molecule has 0 saturated heterocycles. The van der Waals surface area contributed by atoms with Crippen LogP contribution in [0.4, 0.5) is 0 Å². The van der Waals surface area contributed by atoms with Gasteiger partial charge >= 0.3 is 0 Å². The Labute approximate surface area is 190 Å². The van der Waals surface area contributed by atoms with Gasteiger partial charge in [0, 0.05) is 44.5 Å². The highest BCUT2D eigenvalue weighted by molar-refractivity contribution is 5.43. The zero-order chi connectivity index (χ0) is 22.8. The second kappa shape index (κ2) is 12.2. The zero-order valence-corrected chi connectivity index (χ0v) is 19.2. The lowest BCUT2D eigenvalue weighted by molar-refractivity contribution is 0.0732. The van der Waals surface area contributed by atoms with Crippen molar-refractivity contribution in [3.8, 4) is 11.5 Å². The molecule has 0 aliphatic rings. The van der Waals surface area contributed by atoms with Gasteiger partial charge in [-0.15, -0.1) is 0 Å². The van der Waals surface area contributed by atoms with E-state index in [1.807, 2.05) is 60.5 Å². The van der Waals surface area contributed by atoms with Gasteiger partial charge in [-0.25, -0.2) is 0 Å². The molecule has 0 radical (unpaired) electrons. The minimum absolute atomic E-state index is 0.197. The zero-order valence-electron chi connectivity index (χ0n) is 19.2. The molecule has 0 amide bonds. The summed E-state index contributed by atoms with van der Waals surface area (Å²) in [4.78, 5) is 2.08. The fourth-order valence-corrected chi connectivity index (χ4v) is 3.52. The quantitative estimate of drug-likeness (QED) is 0.427. The number of hydrogen-bond donors (Lipinski definition) is 2. The Kier molecular flexibility index (Phi) is 9.10. The van der Waals surface area contributed by atoms with Gasteiger partial charge in [-0.05, 0) is 37.2 Å². The molecule has 3 rings (SSSR count). The van der Waals surface area contributed by atoms with Crippen molar-refractivity contribution in [1.29, 1.82) is 0 Å². The summed E-state index contributed by atoms with van der Waals surface area (Å²) >= 11 is 0. The molecule has 0 fully saturated rings. The lowest BCUT2D eigenvalue weighted by Gasteiger charge is -2.21. The number of nitrogens with zero attached hydrogens (tertiary/aromatic N) is 3. The predicted octanol–water partition coefficient (Wildman–Crippen LogP) is 3.07. The largest absolute Gasteiger partial charge is 0.493 e. The topological polar surface area (TPSA) is 71.8 Å². The number of hydrogen-bond acceptors (Lipinski definition) is 6. The van der Waals surface area contributed by atoms with Gasteiger partial charge in [0.25, 0.3) is 0 Å². The molecule has 0 saturated carbocycles. The van der Waals surface area contributed by atoms with Gasteiger partial charge in [-0.2, -0.15) is 5.10 Å². The van der Waals surface area contributed by atoms with Crippen LogP contribution in [0.1, 0.15) is 23.6 Å². The number of aliphatic hydroxyl groups excluding tert-OH is 1. The molecule has 2 aromatic carbocycles. The first-order chi connectivity index (χ1) is 15.6. The van der Waals surface area contributed by atoms with Gasteiger partial charge < -0.3 is 19.9 Å². The molecule has 172 valence electrons. The van der Waals surface area contributed by atoms with Gasteiger partial charge in [0.1, 0.15) is 12.7 Å². The van der Waals surface area contributed by atoms with Crippen LogP contribution in [0.3, 0.4) is 0 Å². The summed E-state index contributed by atoms with van der Waals surface area (Å²) in [6.45, 7) is 5.87. The minimum Gasteiger partial charge on any atom is -0.493 e. The van der Waals surface area contributed by atoms with Crippen molar-refractivity contribution in [3.05, 3.63) is 77.6 Å². The van der Waals surface area contributed by atoms with Gasteiger partial charge in [0.2, 0.25) is 0 Å². The number of methoxy groups -OCH3 is 1. The number of benzene rings is 2. The standard InChI is InChI=1S/C25H34N4O3/c1-4-29-17-22(15-27-29)14-26-13-21-10-11-24(31-3)25(12-21)32-19-23(30)18-28(2)16-20-8-6-5-7-9-20/h5-12,15,17,23,26,30H,4,13-14,16,18-19H2,1-3H3/t23-/m0/s1. The first-order valence-corrected chi connectivity index (χ1v) is 11.0. The van der Waals surface area contributed by atoms with Crippen molar-refractivity contribution in [2.75, 3.05) is 27.3 Å². The van der Waals surface area contributed by atoms with Crippen LogP contribution in [0.15, 0.2) is 60.9 Å². The number of likely N-dealkylation sites (N-methyl/N-ethyl adjacent to an activating group) is 1. The molecule has 0 bridgehead atoms. The Hall–Kier alpha value is -2.87. The Bertz CT molecular complexity index is 945. The van der Waals surface area contributed by atoms with Crippen molar-refractivity contribution >= 4 is 0 Å². The first kappa shape index (κ1) is 23.8. The highest BCUT2D eigenvalue weighted by atomic mass is 16.5. The van der Waals surface area contributed by atoms with E-state index in [-0.39, 0.29) is 6.61 Å². The number of aliphatic hydroxyl groups is 1. The molecule has 2 N–H and O–H groups in total. The second-order valence-electron chi connectivity index (χ2n) is 7.94. The van der Waals surface area contributed by atoms with Crippen molar-refractivity contribution in [2.45, 2.75) is 39.2 Å². The predicted molar refractivity (Wildman–Crippen MR) is 126 cm³/mol. The molecule has 0 spiro atoms. The molecule has 7 heteroatoms. The van der Waals surface area contributed by atoms with Gasteiger partial charge in [0.15, 0.2) is 11.5 Å². The molecular formula is C25H34N4O3. The molecule has 7 nitrogen and oxygen atoms in total. The van der Waals surface area contributed by atoms with Crippen LogP contribution in [0.25, 0.3) is 0 Å². The Balaban J connectivity index is 1.48. The molecule has 0 aliphatic heterocycles. The highest BCUT2D eigenvalue weighted by Gasteiger charge is 2.12. The van der Waals surface area contributed by atoms with E-state index >= 15 is 0 Å². The molecular weight excluding hydrogens is 404 g/mol.